The van der Waals surface area contributed by atoms with E-state index in [0.29, 0.717) is 25.1 Å². The molecule has 25 heavy (non-hydrogen) atoms. The smallest absolute Gasteiger partial charge is 0.225 e. The Morgan fingerprint density at radius 1 is 1.40 bits per heavy atom. The quantitative estimate of drug-likeness (QED) is 0.612. The molecule has 5 nitrogen and oxygen atoms in total. The van der Waals surface area contributed by atoms with Crippen LogP contribution in [0.15, 0.2) is 29.3 Å². The Bertz CT molecular complexity index is 603. The number of benzene rings is 1. The van der Waals surface area contributed by atoms with Gasteiger partial charge in [-0.25, -0.2) is 4.39 Å². The van der Waals surface area contributed by atoms with Crippen molar-refractivity contribution in [3.8, 4) is 0 Å². The molecule has 1 atom stereocenters. The topological polar surface area (TPSA) is 56.7 Å². The summed E-state index contributed by atoms with van der Waals surface area (Å²) in [6.45, 7) is 8.62. The number of carbonyl (C=O) groups excluding carboxylic acids is 1. The van der Waals surface area contributed by atoms with Gasteiger partial charge in [-0.3, -0.25) is 9.79 Å². The van der Waals surface area contributed by atoms with Gasteiger partial charge in [0.25, 0.3) is 0 Å². The van der Waals surface area contributed by atoms with Gasteiger partial charge >= 0.3 is 0 Å². The number of hydrogen-bond acceptors (Lipinski definition) is 2. The van der Waals surface area contributed by atoms with E-state index in [9.17, 15) is 9.18 Å². The first-order valence-corrected chi connectivity index (χ1v) is 9.08. The van der Waals surface area contributed by atoms with Crippen molar-refractivity contribution >= 4 is 11.9 Å². The largest absolute Gasteiger partial charge is 0.357 e. The second-order valence-corrected chi connectivity index (χ2v) is 6.67. The van der Waals surface area contributed by atoms with Gasteiger partial charge in [-0.05, 0) is 31.4 Å². The Balaban J connectivity index is 1.88. The van der Waals surface area contributed by atoms with Crippen LogP contribution in [0.25, 0.3) is 0 Å². The third-order valence-electron chi connectivity index (χ3n) is 4.29. The summed E-state index contributed by atoms with van der Waals surface area (Å²) in [4.78, 5) is 18.5. The molecule has 0 bridgehead atoms. The molecule has 1 unspecified atom stereocenters. The van der Waals surface area contributed by atoms with Crippen LogP contribution in [-0.2, 0) is 11.2 Å². The molecule has 0 saturated carbocycles. The van der Waals surface area contributed by atoms with Gasteiger partial charge in [0.05, 0.1) is 0 Å². The van der Waals surface area contributed by atoms with Crippen LogP contribution in [0.1, 0.15) is 32.8 Å². The van der Waals surface area contributed by atoms with E-state index in [0.717, 1.165) is 25.5 Å². The molecule has 2 N–H and O–H groups in total. The van der Waals surface area contributed by atoms with Crippen LogP contribution in [0.5, 0.6) is 0 Å². The van der Waals surface area contributed by atoms with Crippen molar-refractivity contribution < 1.29 is 9.18 Å². The molecular formula is C19H29FN4O. The summed E-state index contributed by atoms with van der Waals surface area (Å²) in [6.07, 6.45) is 1.47. The van der Waals surface area contributed by atoms with Gasteiger partial charge < -0.3 is 15.5 Å². The monoisotopic (exact) mass is 348 g/mol. The number of guanidine groups is 1. The molecule has 0 spiro atoms. The zero-order valence-electron chi connectivity index (χ0n) is 15.4. The standard InChI is InChI=1S/C19H29FN4O/c1-4-21-19(22-11-9-15-7-5-6-8-17(15)20)23-16-10-12-24(13-16)18(25)14(2)3/h5-8,14,16H,4,9-13H2,1-3H3,(H2,21,22,23). The third-order valence-corrected chi connectivity index (χ3v) is 4.29. The van der Waals surface area contributed by atoms with Gasteiger partial charge in [0.1, 0.15) is 5.82 Å². The minimum Gasteiger partial charge on any atom is -0.357 e. The number of nitrogens with zero attached hydrogens (tertiary/aromatic N) is 2. The summed E-state index contributed by atoms with van der Waals surface area (Å²) < 4.78 is 13.7. The maximum Gasteiger partial charge on any atom is 0.225 e. The lowest BCUT2D eigenvalue weighted by Crippen LogP contribution is -2.45. The predicted molar refractivity (Wildman–Crippen MR) is 99.0 cm³/mol. The number of nitrogens with one attached hydrogen (secondary N) is 2. The molecule has 1 fully saturated rings. The van der Waals surface area contributed by atoms with Crippen molar-refractivity contribution in [2.24, 2.45) is 10.9 Å². The molecule has 0 radical (unpaired) electrons. The molecule has 1 aromatic carbocycles. The Kier molecular flexibility index (Phi) is 7.22. The number of likely N-dealkylation sites (tertiary alicyclic amines) is 1. The number of carbonyl (C=O) groups is 1. The van der Waals surface area contributed by atoms with Gasteiger partial charge in [0.15, 0.2) is 5.96 Å². The van der Waals surface area contributed by atoms with Crippen molar-refractivity contribution in [1.82, 2.24) is 15.5 Å². The summed E-state index contributed by atoms with van der Waals surface area (Å²) in [6, 6.07) is 7.00. The molecule has 1 aliphatic rings. The molecule has 1 aromatic rings. The van der Waals surface area contributed by atoms with E-state index >= 15 is 0 Å². The fraction of sp³-hybridized carbons (Fsp3) is 0.579. The highest BCUT2D eigenvalue weighted by Gasteiger charge is 2.27. The molecule has 2 rings (SSSR count). The van der Waals surface area contributed by atoms with Crippen LogP contribution in [0.4, 0.5) is 4.39 Å². The van der Waals surface area contributed by atoms with E-state index in [1.54, 1.807) is 12.1 Å². The summed E-state index contributed by atoms with van der Waals surface area (Å²) in [5, 5.41) is 6.61. The van der Waals surface area contributed by atoms with E-state index in [2.05, 4.69) is 15.6 Å². The average Bonchev–Trinajstić information content (AvgIpc) is 3.04. The third kappa shape index (κ3) is 5.73. The van der Waals surface area contributed by atoms with E-state index < -0.39 is 0 Å². The van der Waals surface area contributed by atoms with Gasteiger partial charge in [-0.2, -0.15) is 0 Å². The zero-order chi connectivity index (χ0) is 18.2. The van der Waals surface area contributed by atoms with Gasteiger partial charge in [0.2, 0.25) is 5.91 Å². The fourth-order valence-electron chi connectivity index (χ4n) is 2.95. The van der Waals surface area contributed by atoms with E-state index in [1.807, 2.05) is 31.7 Å². The molecular weight excluding hydrogens is 319 g/mol. The van der Waals surface area contributed by atoms with Crippen LogP contribution in [0, 0.1) is 11.7 Å². The lowest BCUT2D eigenvalue weighted by atomic mass is 10.1. The second kappa shape index (κ2) is 9.39. The lowest BCUT2D eigenvalue weighted by molar-refractivity contribution is -0.133. The van der Waals surface area contributed by atoms with Crippen LogP contribution >= 0.6 is 0 Å². The number of aliphatic imine (C=N–C) groups is 1. The molecule has 6 heteroatoms. The van der Waals surface area contributed by atoms with Crippen molar-refractivity contribution in [1.29, 1.82) is 0 Å². The Labute approximate surface area is 149 Å². The maximum absolute atomic E-state index is 13.7. The summed E-state index contributed by atoms with van der Waals surface area (Å²) in [7, 11) is 0. The van der Waals surface area contributed by atoms with Crippen molar-refractivity contribution in [2.45, 2.75) is 39.7 Å². The highest BCUT2D eigenvalue weighted by atomic mass is 19.1. The Hall–Kier alpha value is -2.11. The minimum atomic E-state index is -0.186. The molecule has 0 aromatic heterocycles. The highest BCUT2D eigenvalue weighted by molar-refractivity contribution is 5.81. The molecule has 1 heterocycles. The fourth-order valence-corrected chi connectivity index (χ4v) is 2.95. The number of rotatable bonds is 6. The maximum atomic E-state index is 13.7. The summed E-state index contributed by atoms with van der Waals surface area (Å²) >= 11 is 0. The zero-order valence-corrected chi connectivity index (χ0v) is 15.4. The van der Waals surface area contributed by atoms with Crippen molar-refractivity contribution in [3.05, 3.63) is 35.6 Å². The summed E-state index contributed by atoms with van der Waals surface area (Å²) in [5.41, 5.74) is 0.677. The van der Waals surface area contributed by atoms with Crippen LogP contribution in [0.2, 0.25) is 0 Å². The van der Waals surface area contributed by atoms with Crippen LogP contribution in [0.3, 0.4) is 0 Å². The van der Waals surface area contributed by atoms with Crippen molar-refractivity contribution in [3.63, 3.8) is 0 Å². The highest BCUT2D eigenvalue weighted by Crippen LogP contribution is 2.13. The van der Waals surface area contributed by atoms with E-state index in [4.69, 9.17) is 0 Å². The lowest BCUT2D eigenvalue weighted by Gasteiger charge is -2.20. The van der Waals surface area contributed by atoms with Crippen LogP contribution in [-0.4, -0.2) is 49.0 Å². The molecule has 1 aliphatic heterocycles. The second-order valence-electron chi connectivity index (χ2n) is 6.67. The SMILES string of the molecule is CCNC(=NCCc1ccccc1F)NC1CCN(C(=O)C(C)C)C1. The summed E-state index contributed by atoms with van der Waals surface area (Å²) in [5.74, 6) is 0.768. The minimum absolute atomic E-state index is 0.0291. The Morgan fingerprint density at radius 3 is 2.84 bits per heavy atom. The first kappa shape index (κ1) is 19.2. The van der Waals surface area contributed by atoms with E-state index in [1.165, 1.54) is 6.07 Å². The normalized spacial score (nSPS) is 17.9. The first-order chi connectivity index (χ1) is 12.0. The number of amides is 1. The van der Waals surface area contributed by atoms with Crippen molar-refractivity contribution in [2.75, 3.05) is 26.2 Å². The van der Waals surface area contributed by atoms with Gasteiger partial charge in [0, 0.05) is 38.1 Å². The van der Waals surface area contributed by atoms with Crippen LogP contribution < -0.4 is 10.6 Å². The number of halogens is 1. The van der Waals surface area contributed by atoms with Gasteiger partial charge in [-0.15, -0.1) is 0 Å². The molecule has 1 amide bonds. The molecule has 0 aliphatic carbocycles. The van der Waals surface area contributed by atoms with E-state index in [-0.39, 0.29) is 23.7 Å². The van der Waals surface area contributed by atoms with Gasteiger partial charge in [-0.1, -0.05) is 32.0 Å². The number of hydrogen-bond donors (Lipinski definition) is 2. The average molecular weight is 348 g/mol. The molecule has 1 saturated heterocycles. The first-order valence-electron chi connectivity index (χ1n) is 9.08. The molecule has 138 valence electrons. The Morgan fingerprint density at radius 2 is 2.16 bits per heavy atom. The predicted octanol–water partition coefficient (Wildman–Crippen LogP) is 2.18.